The Morgan fingerprint density at radius 1 is 0.938 bits per heavy atom. The van der Waals surface area contributed by atoms with Crippen molar-refractivity contribution in [2.45, 2.75) is 13.8 Å². The Morgan fingerprint density at radius 3 is 2.50 bits per heavy atom. The van der Waals surface area contributed by atoms with Crippen LogP contribution >= 0.6 is 15.9 Å². The number of hydrogen-bond donors (Lipinski definition) is 0. The molecule has 1 aliphatic rings. The SMILES string of the molecule is Cc1c(Br)cc2c(c1C)[CH]c1ccccc1-2. The van der Waals surface area contributed by atoms with E-state index in [-0.39, 0.29) is 0 Å². The molecule has 2 aromatic carbocycles. The smallest absolute Gasteiger partial charge is 0.0214 e. The van der Waals surface area contributed by atoms with Gasteiger partial charge in [-0.2, -0.15) is 0 Å². The summed E-state index contributed by atoms with van der Waals surface area (Å²) in [5.74, 6) is 0. The molecule has 0 atom stereocenters. The van der Waals surface area contributed by atoms with E-state index in [1.807, 2.05) is 0 Å². The number of hydrogen-bond acceptors (Lipinski definition) is 0. The van der Waals surface area contributed by atoms with Crippen LogP contribution in [0.15, 0.2) is 34.8 Å². The molecule has 16 heavy (non-hydrogen) atoms. The molecule has 0 nitrogen and oxygen atoms in total. The van der Waals surface area contributed by atoms with E-state index >= 15 is 0 Å². The predicted molar refractivity (Wildman–Crippen MR) is 71.6 cm³/mol. The molecule has 1 radical (unpaired) electrons. The minimum atomic E-state index is 1.20. The summed E-state index contributed by atoms with van der Waals surface area (Å²) in [7, 11) is 0. The van der Waals surface area contributed by atoms with Crippen LogP contribution in [0.3, 0.4) is 0 Å². The summed E-state index contributed by atoms with van der Waals surface area (Å²) < 4.78 is 1.20. The van der Waals surface area contributed by atoms with E-state index in [1.165, 1.54) is 37.9 Å². The zero-order chi connectivity index (χ0) is 11.3. The molecule has 0 heterocycles. The van der Waals surface area contributed by atoms with E-state index in [0.29, 0.717) is 0 Å². The molecule has 0 amide bonds. The predicted octanol–water partition coefficient (Wildman–Crippen LogP) is 4.65. The van der Waals surface area contributed by atoms with Gasteiger partial charge in [0.1, 0.15) is 0 Å². The summed E-state index contributed by atoms with van der Waals surface area (Å²) in [6.07, 6.45) is 2.29. The van der Waals surface area contributed by atoms with Crippen LogP contribution in [0.25, 0.3) is 11.1 Å². The molecule has 3 rings (SSSR count). The molecule has 0 spiro atoms. The molecule has 1 aliphatic carbocycles. The van der Waals surface area contributed by atoms with E-state index in [1.54, 1.807) is 0 Å². The Kier molecular flexibility index (Phi) is 2.18. The molecule has 0 fully saturated rings. The molecule has 2 aromatic rings. The van der Waals surface area contributed by atoms with Crippen LogP contribution in [-0.4, -0.2) is 0 Å². The van der Waals surface area contributed by atoms with Crippen molar-refractivity contribution in [3.8, 4) is 11.1 Å². The zero-order valence-electron chi connectivity index (χ0n) is 9.34. The second-order valence-electron chi connectivity index (χ2n) is 4.30. The molecule has 0 unspecified atom stereocenters. The maximum absolute atomic E-state index is 3.64. The van der Waals surface area contributed by atoms with Crippen LogP contribution in [0.5, 0.6) is 0 Å². The van der Waals surface area contributed by atoms with Crippen LogP contribution < -0.4 is 0 Å². The second-order valence-corrected chi connectivity index (χ2v) is 5.16. The number of fused-ring (bicyclic) bond motifs is 3. The average molecular weight is 272 g/mol. The maximum Gasteiger partial charge on any atom is 0.0214 e. The summed E-state index contributed by atoms with van der Waals surface area (Å²) in [4.78, 5) is 0. The maximum atomic E-state index is 3.64. The van der Waals surface area contributed by atoms with Gasteiger partial charge in [0, 0.05) is 10.9 Å². The van der Waals surface area contributed by atoms with Crippen LogP contribution in [0, 0.1) is 20.3 Å². The van der Waals surface area contributed by atoms with Crippen LogP contribution in [0.1, 0.15) is 22.3 Å². The first kappa shape index (κ1) is 10.1. The van der Waals surface area contributed by atoms with E-state index in [0.717, 1.165) is 0 Å². The molecule has 0 saturated carbocycles. The van der Waals surface area contributed by atoms with Crippen molar-refractivity contribution in [2.75, 3.05) is 0 Å². The van der Waals surface area contributed by atoms with Gasteiger partial charge in [-0.15, -0.1) is 0 Å². The Balaban J connectivity index is 2.34. The van der Waals surface area contributed by atoms with E-state index in [9.17, 15) is 0 Å². The highest BCUT2D eigenvalue weighted by Gasteiger charge is 2.21. The first-order valence-electron chi connectivity index (χ1n) is 5.42. The van der Waals surface area contributed by atoms with Crippen LogP contribution in [0.2, 0.25) is 0 Å². The quantitative estimate of drug-likeness (QED) is 0.559. The molecule has 0 bridgehead atoms. The van der Waals surface area contributed by atoms with Crippen molar-refractivity contribution in [1.29, 1.82) is 0 Å². The van der Waals surface area contributed by atoms with Crippen molar-refractivity contribution < 1.29 is 0 Å². The van der Waals surface area contributed by atoms with Gasteiger partial charge in [0.15, 0.2) is 0 Å². The van der Waals surface area contributed by atoms with E-state index in [2.05, 4.69) is 66.5 Å². The normalized spacial score (nSPS) is 12.4. The fraction of sp³-hybridized carbons (Fsp3) is 0.133. The fourth-order valence-corrected chi connectivity index (χ4v) is 2.85. The van der Waals surface area contributed by atoms with Crippen molar-refractivity contribution in [3.05, 3.63) is 63.5 Å². The first-order chi connectivity index (χ1) is 7.68. The monoisotopic (exact) mass is 271 g/mol. The summed E-state index contributed by atoms with van der Waals surface area (Å²) in [6, 6.07) is 10.8. The molecular formula is C15H12Br. The van der Waals surface area contributed by atoms with E-state index in [4.69, 9.17) is 0 Å². The van der Waals surface area contributed by atoms with Gasteiger partial charge in [-0.1, -0.05) is 40.2 Å². The van der Waals surface area contributed by atoms with Crippen molar-refractivity contribution >= 4 is 15.9 Å². The van der Waals surface area contributed by atoms with Gasteiger partial charge in [-0.05, 0) is 53.3 Å². The number of rotatable bonds is 0. The highest BCUT2D eigenvalue weighted by atomic mass is 79.9. The Bertz CT molecular complexity index is 582. The van der Waals surface area contributed by atoms with Crippen molar-refractivity contribution in [2.24, 2.45) is 0 Å². The first-order valence-corrected chi connectivity index (χ1v) is 6.21. The molecule has 0 aromatic heterocycles. The Morgan fingerprint density at radius 2 is 1.69 bits per heavy atom. The summed E-state index contributed by atoms with van der Waals surface area (Å²) >= 11 is 3.64. The molecule has 0 N–H and O–H groups in total. The Hall–Kier alpha value is -1.08. The van der Waals surface area contributed by atoms with Gasteiger partial charge in [-0.25, -0.2) is 0 Å². The van der Waals surface area contributed by atoms with Gasteiger partial charge < -0.3 is 0 Å². The largest absolute Gasteiger partial charge is 0.0619 e. The van der Waals surface area contributed by atoms with Crippen LogP contribution in [0.4, 0.5) is 0 Å². The fourth-order valence-electron chi connectivity index (χ4n) is 2.33. The summed E-state index contributed by atoms with van der Waals surface area (Å²) in [5.41, 5.74) is 8.12. The van der Waals surface area contributed by atoms with Gasteiger partial charge in [0.2, 0.25) is 0 Å². The third kappa shape index (κ3) is 1.28. The lowest BCUT2D eigenvalue weighted by Crippen LogP contribution is -1.90. The highest BCUT2D eigenvalue weighted by Crippen LogP contribution is 2.42. The lowest BCUT2D eigenvalue weighted by molar-refractivity contribution is 1.28. The average Bonchev–Trinajstić information content (AvgIpc) is 2.65. The lowest BCUT2D eigenvalue weighted by atomic mass is 9.98. The van der Waals surface area contributed by atoms with Crippen LogP contribution in [-0.2, 0) is 0 Å². The second kappa shape index (κ2) is 3.46. The highest BCUT2D eigenvalue weighted by molar-refractivity contribution is 9.10. The number of benzene rings is 2. The third-order valence-electron chi connectivity index (χ3n) is 3.44. The van der Waals surface area contributed by atoms with Gasteiger partial charge in [0.05, 0.1) is 0 Å². The summed E-state index contributed by atoms with van der Waals surface area (Å²) in [5, 5.41) is 0. The minimum absolute atomic E-state index is 1.20. The van der Waals surface area contributed by atoms with Crippen molar-refractivity contribution in [1.82, 2.24) is 0 Å². The third-order valence-corrected chi connectivity index (χ3v) is 4.26. The molecular weight excluding hydrogens is 260 g/mol. The lowest BCUT2D eigenvalue weighted by Gasteiger charge is -2.10. The standard InChI is InChI=1S/C15H12Br/c1-9-10(2)15(16)8-14-12-6-4-3-5-11(12)7-13(9)14/h3-8H,1-2H3. The molecule has 0 saturated heterocycles. The van der Waals surface area contributed by atoms with Crippen molar-refractivity contribution in [3.63, 3.8) is 0 Å². The topological polar surface area (TPSA) is 0 Å². The molecule has 1 heteroatoms. The minimum Gasteiger partial charge on any atom is -0.0619 e. The summed E-state index contributed by atoms with van der Waals surface area (Å²) in [6.45, 7) is 4.36. The molecule has 0 aliphatic heterocycles. The van der Waals surface area contributed by atoms with Gasteiger partial charge in [0.25, 0.3) is 0 Å². The Labute approximate surface area is 104 Å². The van der Waals surface area contributed by atoms with E-state index < -0.39 is 0 Å². The number of halogens is 1. The van der Waals surface area contributed by atoms with Gasteiger partial charge >= 0.3 is 0 Å². The molecule has 79 valence electrons. The van der Waals surface area contributed by atoms with Gasteiger partial charge in [-0.3, -0.25) is 0 Å². The zero-order valence-corrected chi connectivity index (χ0v) is 10.9.